The Morgan fingerprint density at radius 1 is 1.10 bits per heavy atom. The van der Waals surface area contributed by atoms with Crippen molar-refractivity contribution in [3.63, 3.8) is 0 Å². The molecule has 2 heteroatoms. The smallest absolute Gasteiger partial charge is 0.168 e. The molecule has 0 heterocycles. The molecular formula is C18H28O2. The van der Waals surface area contributed by atoms with Crippen molar-refractivity contribution in [1.29, 1.82) is 0 Å². The quantitative estimate of drug-likeness (QED) is 0.698. The van der Waals surface area contributed by atoms with Crippen molar-refractivity contribution in [2.75, 3.05) is 6.61 Å². The van der Waals surface area contributed by atoms with E-state index in [1.807, 2.05) is 20.8 Å². The van der Waals surface area contributed by atoms with Gasteiger partial charge in [0.15, 0.2) is 5.78 Å². The molecule has 0 saturated carbocycles. The Balaban J connectivity index is 2.82. The van der Waals surface area contributed by atoms with Gasteiger partial charge in [-0.05, 0) is 36.8 Å². The lowest BCUT2D eigenvalue weighted by atomic mass is 9.87. The maximum atomic E-state index is 12.6. The monoisotopic (exact) mass is 276 g/mol. The molecule has 0 radical (unpaired) electrons. The van der Waals surface area contributed by atoms with Gasteiger partial charge in [0, 0.05) is 13.0 Å². The third kappa shape index (κ3) is 3.92. The number of carbonyl (C=O) groups excluding carboxylic acids is 1. The fourth-order valence-corrected chi connectivity index (χ4v) is 2.57. The topological polar surface area (TPSA) is 26.3 Å². The second-order valence-corrected chi connectivity index (χ2v) is 5.63. The number of ether oxygens (including phenoxy) is 1. The summed E-state index contributed by atoms with van der Waals surface area (Å²) < 4.78 is 5.77. The molecule has 1 aromatic carbocycles. The molecule has 0 unspecified atom stereocenters. The Morgan fingerprint density at radius 2 is 1.65 bits per heavy atom. The lowest BCUT2D eigenvalue weighted by molar-refractivity contribution is -0.144. The Bertz CT molecular complexity index is 414. The molecule has 112 valence electrons. The highest BCUT2D eigenvalue weighted by atomic mass is 16.5. The Labute approximate surface area is 123 Å². The number of carbonyl (C=O) groups is 1. The van der Waals surface area contributed by atoms with Crippen molar-refractivity contribution in [1.82, 2.24) is 0 Å². The van der Waals surface area contributed by atoms with Gasteiger partial charge in [-0.25, -0.2) is 0 Å². The number of benzene rings is 1. The number of hydrogen-bond donors (Lipinski definition) is 0. The molecule has 0 atom stereocenters. The Morgan fingerprint density at radius 3 is 2.05 bits per heavy atom. The summed E-state index contributed by atoms with van der Waals surface area (Å²) in [4.78, 5) is 12.6. The Hall–Kier alpha value is -1.15. The number of hydrogen-bond acceptors (Lipinski definition) is 2. The first-order valence-electron chi connectivity index (χ1n) is 7.75. The normalized spacial score (nSPS) is 11.9. The SMILES string of the molecule is CCOC(CC)(CC)C(=O)Cc1ccc(C(C)C)cc1. The van der Waals surface area contributed by atoms with E-state index >= 15 is 0 Å². The number of rotatable bonds is 8. The van der Waals surface area contributed by atoms with Gasteiger partial charge in [-0.2, -0.15) is 0 Å². The van der Waals surface area contributed by atoms with Gasteiger partial charge in [0.2, 0.25) is 0 Å². The van der Waals surface area contributed by atoms with Crippen LogP contribution < -0.4 is 0 Å². The maximum absolute atomic E-state index is 12.6. The summed E-state index contributed by atoms with van der Waals surface area (Å²) in [5.74, 6) is 0.718. The van der Waals surface area contributed by atoms with Crippen LogP contribution in [0.2, 0.25) is 0 Å². The molecular weight excluding hydrogens is 248 g/mol. The van der Waals surface area contributed by atoms with Crippen molar-refractivity contribution in [2.45, 2.75) is 65.4 Å². The number of Topliss-reactive ketones (excluding diaryl/α,β-unsaturated/α-hetero) is 1. The van der Waals surface area contributed by atoms with Crippen LogP contribution in [-0.2, 0) is 16.0 Å². The molecule has 0 aliphatic carbocycles. The van der Waals surface area contributed by atoms with E-state index in [1.54, 1.807) is 0 Å². The summed E-state index contributed by atoms with van der Waals surface area (Å²) in [6, 6.07) is 8.37. The molecule has 1 rings (SSSR count). The highest BCUT2D eigenvalue weighted by molar-refractivity contribution is 5.89. The maximum Gasteiger partial charge on any atom is 0.168 e. The van der Waals surface area contributed by atoms with Gasteiger partial charge in [0.05, 0.1) is 0 Å². The zero-order chi connectivity index (χ0) is 15.2. The molecule has 20 heavy (non-hydrogen) atoms. The van der Waals surface area contributed by atoms with E-state index in [2.05, 4.69) is 38.1 Å². The third-order valence-corrected chi connectivity index (χ3v) is 4.08. The molecule has 0 aliphatic heterocycles. The van der Waals surface area contributed by atoms with E-state index in [-0.39, 0.29) is 5.78 Å². The van der Waals surface area contributed by atoms with Crippen LogP contribution in [0.5, 0.6) is 0 Å². The lowest BCUT2D eigenvalue weighted by Crippen LogP contribution is -2.41. The molecule has 0 saturated heterocycles. The van der Waals surface area contributed by atoms with E-state index in [1.165, 1.54) is 5.56 Å². The van der Waals surface area contributed by atoms with E-state index < -0.39 is 5.60 Å². The van der Waals surface area contributed by atoms with Crippen LogP contribution in [0.25, 0.3) is 0 Å². The van der Waals surface area contributed by atoms with Gasteiger partial charge in [0.25, 0.3) is 0 Å². The van der Waals surface area contributed by atoms with E-state index in [4.69, 9.17) is 4.74 Å². The fraction of sp³-hybridized carbons (Fsp3) is 0.611. The van der Waals surface area contributed by atoms with E-state index in [0.29, 0.717) is 18.9 Å². The number of ketones is 1. The van der Waals surface area contributed by atoms with Gasteiger partial charge in [-0.1, -0.05) is 52.0 Å². The molecule has 0 aliphatic rings. The predicted octanol–water partition coefficient (Wildman–Crippen LogP) is 4.52. The van der Waals surface area contributed by atoms with Crippen molar-refractivity contribution >= 4 is 5.78 Å². The average molecular weight is 276 g/mol. The largest absolute Gasteiger partial charge is 0.368 e. The predicted molar refractivity (Wildman–Crippen MR) is 84.2 cm³/mol. The van der Waals surface area contributed by atoms with Gasteiger partial charge in [0.1, 0.15) is 5.60 Å². The lowest BCUT2D eigenvalue weighted by Gasteiger charge is -2.30. The van der Waals surface area contributed by atoms with Crippen LogP contribution in [0, 0.1) is 0 Å². The molecule has 1 aromatic rings. The summed E-state index contributed by atoms with van der Waals surface area (Å²) >= 11 is 0. The molecule has 2 nitrogen and oxygen atoms in total. The molecule has 0 fully saturated rings. The minimum absolute atomic E-state index is 0.196. The second-order valence-electron chi connectivity index (χ2n) is 5.63. The van der Waals surface area contributed by atoms with Crippen LogP contribution in [-0.4, -0.2) is 18.0 Å². The third-order valence-electron chi connectivity index (χ3n) is 4.08. The molecule has 0 bridgehead atoms. The standard InChI is InChI=1S/C18H28O2/c1-6-18(7-2,20-8-3)17(19)13-15-9-11-16(12-10-15)14(4)5/h9-12,14H,6-8,13H2,1-5H3. The summed E-state index contributed by atoms with van der Waals surface area (Å²) in [6.45, 7) is 10.9. The summed E-state index contributed by atoms with van der Waals surface area (Å²) in [7, 11) is 0. The van der Waals surface area contributed by atoms with Gasteiger partial charge >= 0.3 is 0 Å². The minimum atomic E-state index is -0.606. The van der Waals surface area contributed by atoms with Crippen LogP contribution in [0.1, 0.15) is 64.5 Å². The van der Waals surface area contributed by atoms with Crippen LogP contribution in [0.3, 0.4) is 0 Å². The fourth-order valence-electron chi connectivity index (χ4n) is 2.57. The Kier molecular flexibility index (Phi) is 6.41. The first-order chi connectivity index (χ1) is 9.49. The molecule has 0 aromatic heterocycles. The molecule has 0 amide bonds. The first kappa shape index (κ1) is 16.9. The van der Waals surface area contributed by atoms with Crippen molar-refractivity contribution in [3.05, 3.63) is 35.4 Å². The van der Waals surface area contributed by atoms with E-state index in [0.717, 1.165) is 18.4 Å². The highest BCUT2D eigenvalue weighted by Crippen LogP contribution is 2.24. The van der Waals surface area contributed by atoms with Gasteiger partial charge in [-0.3, -0.25) is 4.79 Å². The van der Waals surface area contributed by atoms with Crippen molar-refractivity contribution < 1.29 is 9.53 Å². The zero-order valence-electron chi connectivity index (χ0n) is 13.5. The minimum Gasteiger partial charge on any atom is -0.368 e. The zero-order valence-corrected chi connectivity index (χ0v) is 13.5. The summed E-state index contributed by atoms with van der Waals surface area (Å²) in [5.41, 5.74) is 1.78. The van der Waals surface area contributed by atoms with Crippen LogP contribution in [0.15, 0.2) is 24.3 Å². The van der Waals surface area contributed by atoms with Crippen molar-refractivity contribution in [2.24, 2.45) is 0 Å². The van der Waals surface area contributed by atoms with Crippen molar-refractivity contribution in [3.8, 4) is 0 Å². The van der Waals surface area contributed by atoms with Gasteiger partial charge in [-0.15, -0.1) is 0 Å². The molecule has 0 spiro atoms. The first-order valence-corrected chi connectivity index (χ1v) is 7.75. The highest BCUT2D eigenvalue weighted by Gasteiger charge is 2.34. The second kappa shape index (κ2) is 7.58. The van der Waals surface area contributed by atoms with Crippen LogP contribution in [0.4, 0.5) is 0 Å². The molecule has 0 N–H and O–H groups in total. The van der Waals surface area contributed by atoms with E-state index in [9.17, 15) is 4.79 Å². The van der Waals surface area contributed by atoms with Crippen LogP contribution >= 0.6 is 0 Å². The summed E-state index contributed by atoms with van der Waals surface area (Å²) in [5, 5.41) is 0. The average Bonchev–Trinajstić information content (AvgIpc) is 2.45. The summed E-state index contributed by atoms with van der Waals surface area (Å²) in [6.07, 6.45) is 1.93. The van der Waals surface area contributed by atoms with Gasteiger partial charge < -0.3 is 4.74 Å².